The molecule has 0 saturated carbocycles. The normalized spacial score (nSPS) is 11.0. The second-order valence-electron chi connectivity index (χ2n) is 14.2. The molecule has 0 radical (unpaired) electrons. The van der Waals surface area contributed by atoms with Gasteiger partial charge in [0, 0.05) is 27.1 Å². The van der Waals surface area contributed by atoms with Crippen LogP contribution in [0.15, 0.2) is 170 Å². The molecule has 0 saturated heterocycles. The van der Waals surface area contributed by atoms with Crippen molar-refractivity contribution >= 4 is 43.6 Å². The Hall–Kier alpha value is -8.68. The maximum absolute atomic E-state index is 11.1. The first-order valence-corrected chi connectivity index (χ1v) is 18.7. The molecule has 0 fully saturated rings. The first-order chi connectivity index (χ1) is 28.6. The molecule has 0 aliphatic carbocycles. The van der Waals surface area contributed by atoms with Crippen molar-refractivity contribution in [3.8, 4) is 69.0 Å². The number of rotatable bonds is 5. The maximum atomic E-state index is 11.1. The van der Waals surface area contributed by atoms with Gasteiger partial charge in [-0.2, -0.15) is 21.0 Å². The second kappa shape index (κ2) is 13.6. The molecule has 58 heavy (non-hydrogen) atoms. The summed E-state index contributed by atoms with van der Waals surface area (Å²) in [5.41, 5.74) is 12.9. The number of fused-ring (bicyclic) bond motifs is 6. The van der Waals surface area contributed by atoms with E-state index in [1.54, 1.807) is 18.2 Å². The fraction of sp³-hybridized carbons (Fsp3) is 0. The van der Waals surface area contributed by atoms with E-state index in [9.17, 15) is 21.0 Å². The molecule has 2 heterocycles. The summed E-state index contributed by atoms with van der Waals surface area (Å²) in [6.45, 7) is 0. The van der Waals surface area contributed by atoms with Gasteiger partial charge in [-0.05, 0) is 101 Å². The molecular weight excluding hydrogens is 709 g/mol. The molecule has 0 atom stereocenters. The summed E-state index contributed by atoms with van der Waals surface area (Å²) in [6, 6.07) is 65.4. The molecule has 266 valence electrons. The van der Waals surface area contributed by atoms with Crippen molar-refractivity contribution in [2.45, 2.75) is 0 Å². The molecule has 0 unspecified atom stereocenters. The Morgan fingerprint density at radius 3 is 1.24 bits per heavy atom. The van der Waals surface area contributed by atoms with Gasteiger partial charge in [0.05, 0.1) is 73.9 Å². The van der Waals surface area contributed by atoms with Gasteiger partial charge in [-0.15, -0.1) is 0 Å². The predicted octanol–water partition coefficient (Wildman–Crippen LogP) is 12.4. The van der Waals surface area contributed by atoms with Crippen LogP contribution in [0.5, 0.6) is 0 Å². The first-order valence-electron chi connectivity index (χ1n) is 18.7. The van der Waals surface area contributed by atoms with Crippen molar-refractivity contribution in [2.75, 3.05) is 0 Å². The van der Waals surface area contributed by atoms with E-state index in [0.29, 0.717) is 27.9 Å². The summed E-state index contributed by atoms with van der Waals surface area (Å²) >= 11 is 0. The third kappa shape index (κ3) is 5.38. The molecule has 0 bridgehead atoms. The lowest BCUT2D eigenvalue weighted by atomic mass is 9.97. The molecule has 10 aromatic rings. The third-order valence-corrected chi connectivity index (χ3v) is 11.0. The van der Waals surface area contributed by atoms with Gasteiger partial charge in [0.25, 0.3) is 0 Å². The number of benzene rings is 8. The van der Waals surface area contributed by atoms with E-state index in [0.717, 1.165) is 82.7 Å². The lowest BCUT2D eigenvalue weighted by Crippen LogP contribution is -2.04. The monoisotopic (exact) mass is 736 g/mol. The van der Waals surface area contributed by atoms with Crippen LogP contribution in [0.25, 0.3) is 88.4 Å². The van der Waals surface area contributed by atoms with Gasteiger partial charge in [0.2, 0.25) is 0 Å². The van der Waals surface area contributed by atoms with E-state index in [-0.39, 0.29) is 0 Å². The van der Waals surface area contributed by atoms with Crippen LogP contribution in [0.4, 0.5) is 0 Å². The molecule has 0 aliphatic rings. The van der Waals surface area contributed by atoms with Gasteiger partial charge in [-0.25, -0.2) is 0 Å². The Balaban J connectivity index is 1.30. The van der Waals surface area contributed by atoms with Crippen molar-refractivity contribution in [1.29, 1.82) is 21.0 Å². The minimum atomic E-state index is 0.471. The van der Waals surface area contributed by atoms with Crippen LogP contribution in [-0.4, -0.2) is 9.13 Å². The minimum absolute atomic E-state index is 0.471. The molecule has 2 aromatic heterocycles. The lowest BCUT2D eigenvalue weighted by Gasteiger charge is -2.19. The molecule has 0 N–H and O–H groups in total. The fourth-order valence-corrected chi connectivity index (χ4v) is 8.38. The van der Waals surface area contributed by atoms with Crippen LogP contribution in [0.2, 0.25) is 0 Å². The van der Waals surface area contributed by atoms with Crippen molar-refractivity contribution in [2.24, 2.45) is 0 Å². The van der Waals surface area contributed by atoms with Crippen molar-refractivity contribution < 1.29 is 0 Å². The molecule has 0 aliphatic heterocycles. The summed E-state index contributed by atoms with van der Waals surface area (Å²) in [7, 11) is 0. The Bertz CT molecular complexity index is 3520. The predicted molar refractivity (Wildman–Crippen MR) is 230 cm³/mol. The van der Waals surface area contributed by atoms with Crippen LogP contribution in [-0.2, 0) is 0 Å². The van der Waals surface area contributed by atoms with Gasteiger partial charge in [-0.1, -0.05) is 97.1 Å². The SMILES string of the molecule is N#Cc1cccc(-c2ccc3c4ccccc4n(-c4cc(-c5cccc(C#N)c5)c(-n5c6ccccc6c6ccc(-c7cccc(C#N)c7)cc65)cc4C#N)c3c2)c1. The zero-order valence-corrected chi connectivity index (χ0v) is 30.8. The average molecular weight is 737 g/mol. The minimum Gasteiger partial charge on any atom is -0.309 e. The van der Waals surface area contributed by atoms with Gasteiger partial charge in [-0.3, -0.25) is 0 Å². The Morgan fingerprint density at radius 1 is 0.310 bits per heavy atom. The second-order valence-corrected chi connectivity index (χ2v) is 14.2. The summed E-state index contributed by atoms with van der Waals surface area (Å²) in [4.78, 5) is 0. The first kappa shape index (κ1) is 33.9. The number of nitriles is 4. The molecule has 8 aromatic carbocycles. The quantitative estimate of drug-likeness (QED) is 0.175. The number of hydrogen-bond acceptors (Lipinski definition) is 4. The largest absolute Gasteiger partial charge is 0.309 e. The highest BCUT2D eigenvalue weighted by Crippen LogP contribution is 2.42. The van der Waals surface area contributed by atoms with Crippen LogP contribution in [0.3, 0.4) is 0 Å². The van der Waals surface area contributed by atoms with Crippen LogP contribution < -0.4 is 0 Å². The van der Waals surface area contributed by atoms with E-state index in [1.165, 1.54) is 0 Å². The number of aromatic nitrogens is 2. The smallest absolute Gasteiger partial charge is 0.101 e. The number of hydrogen-bond donors (Lipinski definition) is 0. The molecular formula is C52H28N6. The van der Waals surface area contributed by atoms with E-state index < -0.39 is 0 Å². The Labute approximate surface area is 333 Å². The summed E-state index contributed by atoms with van der Waals surface area (Å²) < 4.78 is 4.38. The number of para-hydroxylation sites is 2. The molecule has 6 nitrogen and oxygen atoms in total. The van der Waals surface area contributed by atoms with Crippen LogP contribution >= 0.6 is 0 Å². The van der Waals surface area contributed by atoms with Crippen LogP contribution in [0, 0.1) is 45.3 Å². The van der Waals surface area contributed by atoms with Crippen LogP contribution in [0.1, 0.15) is 22.3 Å². The highest BCUT2D eigenvalue weighted by atomic mass is 15.0. The molecule has 0 spiro atoms. The number of nitrogens with zero attached hydrogens (tertiary/aromatic N) is 6. The van der Waals surface area contributed by atoms with Crippen molar-refractivity contribution in [1.82, 2.24) is 9.13 Å². The standard InChI is InChI=1S/C52H28N6/c53-29-33-8-5-11-36(22-33)38-18-20-44-42-14-1-3-16-47(42)57(50(44)25-38)49-28-46(40-13-7-10-35(24-40)31-55)52(27-41(49)32-56)58-48-17-4-2-15-43(48)45-21-19-39(26-51(45)58)37-12-6-9-34(23-37)30-54/h1-28H. The highest BCUT2D eigenvalue weighted by molar-refractivity contribution is 6.12. The van der Waals surface area contributed by atoms with Gasteiger partial charge >= 0.3 is 0 Å². The van der Waals surface area contributed by atoms with Gasteiger partial charge in [0.15, 0.2) is 0 Å². The van der Waals surface area contributed by atoms with Gasteiger partial charge in [0.1, 0.15) is 6.07 Å². The van der Waals surface area contributed by atoms with E-state index >= 15 is 0 Å². The Kier molecular flexibility index (Phi) is 7.92. The fourth-order valence-electron chi connectivity index (χ4n) is 8.38. The molecule has 0 amide bonds. The van der Waals surface area contributed by atoms with Gasteiger partial charge < -0.3 is 9.13 Å². The zero-order valence-electron chi connectivity index (χ0n) is 30.8. The zero-order chi connectivity index (χ0) is 39.3. The molecule has 6 heteroatoms. The summed E-state index contributed by atoms with van der Waals surface area (Å²) in [5.74, 6) is 0. The van der Waals surface area contributed by atoms with E-state index in [2.05, 4.69) is 100 Å². The Morgan fingerprint density at radius 2 is 0.741 bits per heavy atom. The topological polar surface area (TPSA) is 105 Å². The summed E-state index contributed by atoms with van der Waals surface area (Å²) in [6.07, 6.45) is 0. The maximum Gasteiger partial charge on any atom is 0.101 e. The van der Waals surface area contributed by atoms with E-state index in [1.807, 2.05) is 84.9 Å². The highest BCUT2D eigenvalue weighted by Gasteiger charge is 2.22. The average Bonchev–Trinajstić information content (AvgIpc) is 3.80. The van der Waals surface area contributed by atoms with Crippen molar-refractivity contribution in [3.05, 3.63) is 192 Å². The van der Waals surface area contributed by atoms with E-state index in [4.69, 9.17) is 0 Å². The molecule has 10 rings (SSSR count). The summed E-state index contributed by atoms with van der Waals surface area (Å²) in [5, 5.41) is 44.7. The lowest BCUT2D eigenvalue weighted by molar-refractivity contribution is 1.14. The third-order valence-electron chi connectivity index (χ3n) is 11.0. The van der Waals surface area contributed by atoms with Crippen molar-refractivity contribution in [3.63, 3.8) is 0 Å².